The van der Waals surface area contributed by atoms with E-state index < -0.39 is 5.97 Å². The van der Waals surface area contributed by atoms with Crippen molar-refractivity contribution in [2.24, 2.45) is 0 Å². The molecule has 1 atom stereocenters. The van der Waals surface area contributed by atoms with Crippen LogP contribution >= 0.6 is 0 Å². The molecular formula is C25H23NO2. The van der Waals surface area contributed by atoms with Crippen molar-refractivity contribution < 1.29 is 9.90 Å². The maximum absolute atomic E-state index is 10.8. The van der Waals surface area contributed by atoms with E-state index in [1.54, 1.807) is 0 Å². The van der Waals surface area contributed by atoms with Crippen molar-refractivity contribution in [3.8, 4) is 0 Å². The lowest BCUT2D eigenvalue weighted by atomic mass is 10.0. The SMILES string of the molecule is CC(=CC(=O)O)Cc1ccc2c(ccn2C(C)c2ccc3ccccc3c2)c1. The second-order valence-electron chi connectivity index (χ2n) is 7.40. The van der Waals surface area contributed by atoms with Gasteiger partial charge in [-0.25, -0.2) is 4.79 Å². The fraction of sp³-hybridized carbons (Fsp3) is 0.160. The molecule has 0 bridgehead atoms. The monoisotopic (exact) mass is 369 g/mol. The highest BCUT2D eigenvalue weighted by molar-refractivity contribution is 5.84. The number of carbonyl (C=O) groups is 1. The number of benzene rings is 3. The van der Waals surface area contributed by atoms with Crippen LogP contribution in [0.5, 0.6) is 0 Å². The lowest BCUT2D eigenvalue weighted by Gasteiger charge is -2.17. The van der Waals surface area contributed by atoms with Gasteiger partial charge in [-0.2, -0.15) is 0 Å². The molecule has 0 saturated carbocycles. The van der Waals surface area contributed by atoms with Crippen LogP contribution in [0.15, 0.2) is 84.6 Å². The van der Waals surface area contributed by atoms with Gasteiger partial charge in [0, 0.05) is 17.8 Å². The molecule has 0 radical (unpaired) electrons. The maximum atomic E-state index is 10.8. The van der Waals surface area contributed by atoms with Crippen molar-refractivity contribution in [1.29, 1.82) is 0 Å². The van der Waals surface area contributed by atoms with E-state index in [4.69, 9.17) is 5.11 Å². The van der Waals surface area contributed by atoms with E-state index in [0.29, 0.717) is 6.42 Å². The Kier molecular flexibility index (Phi) is 4.74. The highest BCUT2D eigenvalue weighted by Gasteiger charge is 2.12. The number of hydrogen-bond donors (Lipinski definition) is 1. The van der Waals surface area contributed by atoms with E-state index in [1.165, 1.54) is 33.3 Å². The second-order valence-corrected chi connectivity index (χ2v) is 7.40. The molecular weight excluding hydrogens is 346 g/mol. The first-order valence-corrected chi connectivity index (χ1v) is 9.49. The highest BCUT2D eigenvalue weighted by atomic mass is 16.4. The number of hydrogen-bond acceptors (Lipinski definition) is 1. The summed E-state index contributed by atoms with van der Waals surface area (Å²) in [5.41, 5.74) is 4.43. The first-order valence-electron chi connectivity index (χ1n) is 9.49. The molecule has 3 nitrogen and oxygen atoms in total. The molecule has 0 aliphatic carbocycles. The minimum Gasteiger partial charge on any atom is -0.478 e. The van der Waals surface area contributed by atoms with E-state index >= 15 is 0 Å². The zero-order valence-electron chi connectivity index (χ0n) is 16.1. The van der Waals surface area contributed by atoms with E-state index in [-0.39, 0.29) is 6.04 Å². The van der Waals surface area contributed by atoms with E-state index in [1.807, 2.05) is 6.92 Å². The van der Waals surface area contributed by atoms with Crippen molar-refractivity contribution in [1.82, 2.24) is 4.57 Å². The van der Waals surface area contributed by atoms with Crippen LogP contribution in [0.4, 0.5) is 0 Å². The van der Waals surface area contributed by atoms with Gasteiger partial charge in [-0.1, -0.05) is 48.0 Å². The van der Waals surface area contributed by atoms with Gasteiger partial charge in [0.25, 0.3) is 0 Å². The van der Waals surface area contributed by atoms with Gasteiger partial charge in [0.05, 0.1) is 6.04 Å². The molecule has 1 heterocycles. The van der Waals surface area contributed by atoms with Crippen LogP contribution in [0, 0.1) is 0 Å². The van der Waals surface area contributed by atoms with Gasteiger partial charge in [0.15, 0.2) is 0 Å². The molecule has 0 fully saturated rings. The molecule has 4 rings (SSSR count). The van der Waals surface area contributed by atoms with E-state index in [0.717, 1.165) is 11.1 Å². The van der Waals surface area contributed by atoms with E-state index in [9.17, 15) is 4.79 Å². The van der Waals surface area contributed by atoms with Crippen LogP contribution < -0.4 is 0 Å². The predicted molar refractivity (Wildman–Crippen MR) is 115 cm³/mol. The Bertz CT molecular complexity index is 1200. The fourth-order valence-electron chi connectivity index (χ4n) is 3.87. The minimum atomic E-state index is -0.894. The molecule has 3 aromatic carbocycles. The van der Waals surface area contributed by atoms with Crippen LogP contribution in [-0.2, 0) is 11.2 Å². The smallest absolute Gasteiger partial charge is 0.328 e. The average Bonchev–Trinajstić information content (AvgIpc) is 3.09. The number of aromatic nitrogens is 1. The molecule has 0 aliphatic rings. The minimum absolute atomic E-state index is 0.224. The van der Waals surface area contributed by atoms with E-state index in [2.05, 4.69) is 84.4 Å². The van der Waals surface area contributed by atoms with Crippen LogP contribution in [0.2, 0.25) is 0 Å². The highest BCUT2D eigenvalue weighted by Crippen LogP contribution is 2.28. The van der Waals surface area contributed by atoms with Crippen LogP contribution in [-0.4, -0.2) is 15.6 Å². The van der Waals surface area contributed by atoms with Crippen molar-refractivity contribution in [2.75, 3.05) is 0 Å². The van der Waals surface area contributed by atoms with Gasteiger partial charge in [0.2, 0.25) is 0 Å². The number of nitrogens with zero attached hydrogens (tertiary/aromatic N) is 1. The Morgan fingerprint density at radius 1 is 1.00 bits per heavy atom. The summed E-state index contributed by atoms with van der Waals surface area (Å²) in [7, 11) is 0. The molecule has 28 heavy (non-hydrogen) atoms. The normalized spacial score (nSPS) is 13.1. The predicted octanol–water partition coefficient (Wildman–Crippen LogP) is 5.98. The molecule has 140 valence electrons. The number of allylic oxidation sites excluding steroid dienone is 1. The van der Waals surface area contributed by atoms with Crippen molar-refractivity contribution >= 4 is 27.6 Å². The topological polar surface area (TPSA) is 42.2 Å². The first-order chi connectivity index (χ1) is 13.5. The van der Waals surface area contributed by atoms with Gasteiger partial charge < -0.3 is 9.67 Å². The van der Waals surface area contributed by atoms with Crippen LogP contribution in [0.1, 0.15) is 31.0 Å². The second kappa shape index (κ2) is 7.35. The quantitative estimate of drug-likeness (QED) is 0.440. The molecule has 1 N–H and O–H groups in total. The molecule has 0 spiro atoms. The molecule has 0 amide bonds. The molecule has 1 unspecified atom stereocenters. The van der Waals surface area contributed by atoms with Crippen molar-refractivity contribution in [3.63, 3.8) is 0 Å². The molecule has 4 aromatic rings. The summed E-state index contributed by atoms with van der Waals surface area (Å²) in [4.78, 5) is 10.8. The van der Waals surface area contributed by atoms with Gasteiger partial charge >= 0.3 is 5.97 Å². The summed E-state index contributed by atoms with van der Waals surface area (Å²) in [6, 6.07) is 23.8. The van der Waals surface area contributed by atoms with Crippen LogP contribution in [0.3, 0.4) is 0 Å². The zero-order valence-corrected chi connectivity index (χ0v) is 16.1. The third-order valence-corrected chi connectivity index (χ3v) is 5.31. The van der Waals surface area contributed by atoms with Gasteiger partial charge in [-0.05, 0) is 71.8 Å². The number of fused-ring (bicyclic) bond motifs is 2. The summed E-state index contributed by atoms with van der Waals surface area (Å²) in [5, 5.41) is 12.6. The summed E-state index contributed by atoms with van der Waals surface area (Å²) < 4.78 is 2.29. The Hall–Kier alpha value is -3.33. The third kappa shape index (κ3) is 3.56. The van der Waals surface area contributed by atoms with Gasteiger partial charge in [-0.3, -0.25) is 0 Å². The maximum Gasteiger partial charge on any atom is 0.328 e. The largest absolute Gasteiger partial charge is 0.478 e. The number of carboxylic acids is 1. The summed E-state index contributed by atoms with van der Waals surface area (Å²) in [5.74, 6) is -0.894. The summed E-state index contributed by atoms with van der Waals surface area (Å²) in [6.45, 7) is 4.07. The molecule has 0 saturated heterocycles. The number of rotatable bonds is 5. The summed E-state index contributed by atoms with van der Waals surface area (Å²) >= 11 is 0. The average molecular weight is 369 g/mol. The van der Waals surface area contributed by atoms with Gasteiger partial charge in [-0.15, -0.1) is 0 Å². The Labute approximate surface area is 164 Å². The number of carboxylic acid groups (broad SMARTS) is 1. The fourth-order valence-corrected chi connectivity index (χ4v) is 3.87. The lowest BCUT2D eigenvalue weighted by molar-refractivity contribution is -0.131. The third-order valence-electron chi connectivity index (χ3n) is 5.31. The zero-order chi connectivity index (χ0) is 19.7. The van der Waals surface area contributed by atoms with Crippen molar-refractivity contribution in [3.05, 3.63) is 95.7 Å². The van der Waals surface area contributed by atoms with Crippen LogP contribution in [0.25, 0.3) is 21.7 Å². The molecule has 0 aliphatic heterocycles. The molecule has 1 aromatic heterocycles. The first kappa shape index (κ1) is 18.1. The van der Waals surface area contributed by atoms with Gasteiger partial charge in [0.1, 0.15) is 0 Å². The van der Waals surface area contributed by atoms with Crippen molar-refractivity contribution in [2.45, 2.75) is 26.3 Å². The molecule has 3 heteroatoms. The number of aliphatic carboxylic acids is 1. The Morgan fingerprint density at radius 2 is 1.79 bits per heavy atom. The standard InChI is InChI=1S/C25H23NO2/c1-17(14-25(27)28)13-19-7-10-24-23(15-19)11-12-26(24)18(2)21-9-8-20-5-3-4-6-22(20)16-21/h3-12,14-16,18H,13H2,1-2H3,(H,27,28). The Balaban J connectivity index is 1.65. The Morgan fingerprint density at radius 3 is 2.57 bits per heavy atom. The summed E-state index contributed by atoms with van der Waals surface area (Å²) in [6.07, 6.45) is 4.05. The lowest BCUT2D eigenvalue weighted by Crippen LogP contribution is -2.05.